The van der Waals surface area contributed by atoms with Crippen LogP contribution in [-0.4, -0.2) is 20.3 Å². The zero-order chi connectivity index (χ0) is 16.2. The van der Waals surface area contributed by atoms with E-state index >= 15 is 0 Å². The average molecular weight is 342 g/mol. The van der Waals surface area contributed by atoms with Crippen molar-refractivity contribution in [1.29, 1.82) is 0 Å². The molecule has 0 saturated carbocycles. The maximum absolute atomic E-state index is 11.5. The molecule has 0 spiro atoms. The number of carbonyl (C=O) groups excluding carboxylic acids is 1. The highest BCUT2D eigenvalue weighted by molar-refractivity contribution is 7.46. The molecule has 0 aliphatic carbocycles. The van der Waals surface area contributed by atoms with E-state index in [0.29, 0.717) is 10.5 Å². The van der Waals surface area contributed by atoms with E-state index in [4.69, 9.17) is 9.79 Å². The second-order valence-corrected chi connectivity index (χ2v) is 6.38. The highest BCUT2D eigenvalue weighted by Gasteiger charge is 2.16. The highest BCUT2D eigenvalue weighted by atomic mass is 32.1. The first-order chi connectivity index (χ1) is 10.4. The van der Waals surface area contributed by atoms with Gasteiger partial charge in [0.2, 0.25) is 5.91 Å². The maximum Gasteiger partial charge on any atom is 0.471 e. The van der Waals surface area contributed by atoms with Crippen molar-refractivity contribution in [2.75, 3.05) is 0 Å². The van der Waals surface area contributed by atoms with Crippen molar-refractivity contribution in [2.24, 2.45) is 4.99 Å². The Morgan fingerprint density at radius 1 is 1.36 bits per heavy atom. The lowest BCUT2D eigenvalue weighted by Gasteiger charge is -2.10. The summed E-state index contributed by atoms with van der Waals surface area (Å²) in [5, 5.41) is 1.76. The number of hydrogen-bond donors (Lipinski definition) is 2. The monoisotopic (exact) mass is 342 g/mol. The van der Waals surface area contributed by atoms with E-state index in [1.165, 1.54) is 15.9 Å². The molecule has 2 rings (SSSR count). The largest absolute Gasteiger partial charge is 0.471 e. The number of aromatic nitrogens is 1. The number of phosphoric ester groups is 1. The molecule has 9 heteroatoms. The quantitative estimate of drug-likeness (QED) is 0.811. The van der Waals surface area contributed by atoms with Gasteiger partial charge in [-0.05, 0) is 5.56 Å². The molecule has 2 N–H and O–H groups in total. The average Bonchev–Trinajstić information content (AvgIpc) is 2.88. The van der Waals surface area contributed by atoms with Gasteiger partial charge < -0.3 is 9.79 Å². The van der Waals surface area contributed by atoms with Crippen molar-refractivity contribution in [3.8, 4) is 11.3 Å². The maximum atomic E-state index is 11.5. The van der Waals surface area contributed by atoms with E-state index in [0.717, 1.165) is 5.56 Å². The van der Waals surface area contributed by atoms with Crippen LogP contribution in [0.4, 0.5) is 0 Å². The number of hydrogen-bond acceptors (Lipinski definition) is 4. The molecule has 1 heterocycles. The van der Waals surface area contributed by atoms with Crippen molar-refractivity contribution in [1.82, 2.24) is 4.57 Å². The Balaban J connectivity index is 2.48. The van der Waals surface area contributed by atoms with E-state index in [2.05, 4.69) is 9.52 Å². The Morgan fingerprint density at radius 3 is 2.64 bits per heavy atom. The summed E-state index contributed by atoms with van der Waals surface area (Å²) in [7, 11) is -4.62. The van der Waals surface area contributed by atoms with Gasteiger partial charge in [-0.15, -0.1) is 11.3 Å². The van der Waals surface area contributed by atoms with Crippen LogP contribution in [0.5, 0.6) is 0 Å². The molecule has 7 nitrogen and oxygen atoms in total. The van der Waals surface area contributed by atoms with Crippen LogP contribution in [0.2, 0.25) is 0 Å². The van der Waals surface area contributed by atoms with Crippen LogP contribution in [0.25, 0.3) is 11.3 Å². The van der Waals surface area contributed by atoms with Crippen LogP contribution in [0, 0.1) is 0 Å². The minimum Gasteiger partial charge on any atom is -0.303 e. The number of phosphoric acid groups is 1. The lowest BCUT2D eigenvalue weighted by molar-refractivity contribution is -0.117. The summed E-state index contributed by atoms with van der Waals surface area (Å²) in [5.74, 6) is -0.314. The third-order valence-electron chi connectivity index (χ3n) is 2.75. The van der Waals surface area contributed by atoms with Gasteiger partial charge in [0, 0.05) is 11.8 Å². The molecule has 1 aromatic carbocycles. The first kappa shape index (κ1) is 16.8. The van der Waals surface area contributed by atoms with E-state index in [-0.39, 0.29) is 12.3 Å². The molecular formula is C13H15N2O5PS. The minimum atomic E-state index is -4.62. The zero-order valence-corrected chi connectivity index (χ0v) is 13.5. The van der Waals surface area contributed by atoms with Gasteiger partial charge in [-0.1, -0.05) is 37.3 Å². The first-order valence-electron chi connectivity index (χ1n) is 6.42. The van der Waals surface area contributed by atoms with E-state index in [9.17, 15) is 9.36 Å². The molecule has 118 valence electrons. The standard InChI is InChI=1S/C13H15N2O5PS/c1-2-12(16)14-13-15(9-20-21(17,18)19)11(8-22-13)10-6-4-3-5-7-10/h3-8H,2,9H2,1H3,(H2,17,18,19)/b14-13-. The van der Waals surface area contributed by atoms with Crippen LogP contribution in [-0.2, 0) is 20.6 Å². The Kier molecular flexibility index (Phi) is 5.44. The topological polar surface area (TPSA) is 101 Å². The van der Waals surface area contributed by atoms with Gasteiger partial charge in [-0.3, -0.25) is 13.9 Å². The molecule has 0 atom stereocenters. The third kappa shape index (κ3) is 4.46. The fraction of sp³-hybridized carbons (Fsp3) is 0.231. The van der Waals surface area contributed by atoms with Gasteiger partial charge in [0.05, 0.1) is 5.69 Å². The van der Waals surface area contributed by atoms with Gasteiger partial charge in [-0.2, -0.15) is 4.99 Å². The van der Waals surface area contributed by atoms with Crippen molar-refractivity contribution >= 4 is 25.1 Å². The number of nitrogens with zero attached hydrogens (tertiary/aromatic N) is 2. The summed E-state index contributed by atoms with van der Waals surface area (Å²) in [6.45, 7) is 1.29. The molecule has 0 aliphatic heterocycles. The predicted octanol–water partition coefficient (Wildman–Crippen LogP) is 2.12. The molecule has 0 saturated heterocycles. The summed E-state index contributed by atoms with van der Waals surface area (Å²) in [6, 6.07) is 9.24. The molecular weight excluding hydrogens is 327 g/mol. The summed E-state index contributed by atoms with van der Waals surface area (Å²) < 4.78 is 17.0. The predicted molar refractivity (Wildman–Crippen MR) is 81.7 cm³/mol. The number of thiazole rings is 1. The second-order valence-electron chi connectivity index (χ2n) is 4.31. The molecule has 0 bridgehead atoms. The fourth-order valence-electron chi connectivity index (χ4n) is 1.70. The smallest absolute Gasteiger partial charge is 0.303 e. The molecule has 0 fully saturated rings. The van der Waals surface area contributed by atoms with Gasteiger partial charge >= 0.3 is 7.82 Å². The van der Waals surface area contributed by atoms with Crippen LogP contribution in [0.1, 0.15) is 13.3 Å². The summed E-state index contributed by atoms with van der Waals surface area (Å²) >= 11 is 1.21. The third-order valence-corrected chi connectivity index (χ3v) is 4.06. The van der Waals surface area contributed by atoms with Crippen LogP contribution in [0.3, 0.4) is 0 Å². The number of carbonyl (C=O) groups is 1. The normalized spacial score (nSPS) is 12.6. The summed E-state index contributed by atoms with van der Waals surface area (Å²) in [6.07, 6.45) is 0.248. The lowest BCUT2D eigenvalue weighted by atomic mass is 10.2. The highest BCUT2D eigenvalue weighted by Crippen LogP contribution is 2.36. The molecule has 0 radical (unpaired) electrons. The Hall–Kier alpha value is -1.57. The molecule has 0 aliphatic rings. The second kappa shape index (κ2) is 7.13. The molecule has 2 aromatic rings. The van der Waals surface area contributed by atoms with Crippen molar-refractivity contribution in [3.05, 3.63) is 40.5 Å². The number of rotatable bonds is 5. The first-order valence-corrected chi connectivity index (χ1v) is 8.83. The molecule has 22 heavy (non-hydrogen) atoms. The van der Waals surface area contributed by atoms with Crippen LogP contribution < -0.4 is 4.80 Å². The Labute approximate surface area is 130 Å². The molecule has 1 aromatic heterocycles. The fourth-order valence-corrected chi connectivity index (χ4v) is 2.88. The van der Waals surface area contributed by atoms with Crippen molar-refractivity contribution in [2.45, 2.75) is 20.1 Å². The summed E-state index contributed by atoms with van der Waals surface area (Å²) in [4.78, 5) is 33.5. The zero-order valence-electron chi connectivity index (χ0n) is 11.7. The number of benzene rings is 1. The molecule has 1 amide bonds. The SMILES string of the molecule is CCC(=O)/N=c1\scc(-c2ccccc2)n1COP(=O)(O)O. The van der Waals surface area contributed by atoms with Crippen molar-refractivity contribution < 1.29 is 23.7 Å². The number of amides is 1. The van der Waals surface area contributed by atoms with E-state index in [1.807, 2.05) is 30.3 Å². The van der Waals surface area contributed by atoms with Gasteiger partial charge in [0.25, 0.3) is 0 Å². The minimum absolute atomic E-state index is 0.248. The van der Waals surface area contributed by atoms with Crippen LogP contribution >= 0.6 is 19.2 Å². The summed E-state index contributed by atoms with van der Waals surface area (Å²) in [5.41, 5.74) is 1.50. The molecule has 0 unspecified atom stereocenters. The van der Waals surface area contributed by atoms with E-state index in [1.54, 1.807) is 12.3 Å². The Morgan fingerprint density at radius 2 is 2.05 bits per heavy atom. The van der Waals surface area contributed by atoms with E-state index < -0.39 is 14.6 Å². The van der Waals surface area contributed by atoms with Crippen LogP contribution in [0.15, 0.2) is 40.7 Å². The van der Waals surface area contributed by atoms with Gasteiger partial charge in [-0.25, -0.2) is 4.57 Å². The lowest BCUT2D eigenvalue weighted by Crippen LogP contribution is -2.19. The van der Waals surface area contributed by atoms with Crippen molar-refractivity contribution in [3.63, 3.8) is 0 Å². The van der Waals surface area contributed by atoms with Gasteiger partial charge in [0.15, 0.2) is 4.80 Å². The Bertz CT molecular complexity index is 762. The van der Waals surface area contributed by atoms with Gasteiger partial charge in [0.1, 0.15) is 6.73 Å².